The molecule has 0 bridgehead atoms. The number of hydrogen-bond acceptors (Lipinski definition) is 5. The molecular weight excluding hydrogens is 407 g/mol. The first-order chi connectivity index (χ1) is 13.1. The fraction of sp³-hybridized carbons (Fsp3) is 0.158. The van der Waals surface area contributed by atoms with Gasteiger partial charge in [0.25, 0.3) is 5.91 Å². The number of aromatic nitrogens is 1. The van der Waals surface area contributed by atoms with Crippen LogP contribution in [0.5, 0.6) is 11.5 Å². The highest BCUT2D eigenvalue weighted by Crippen LogP contribution is 2.31. The predicted molar refractivity (Wildman–Crippen MR) is 106 cm³/mol. The number of nitrogens with zero attached hydrogens (tertiary/aromatic N) is 1. The van der Waals surface area contributed by atoms with E-state index in [1.54, 1.807) is 24.4 Å². The molecule has 4 rings (SSSR count). The summed E-state index contributed by atoms with van der Waals surface area (Å²) in [6.45, 7) is 0.157. The molecule has 1 atom stereocenters. The maximum Gasteiger partial charge on any atom is 0.270 e. The number of ether oxygens (including phenoxy) is 2. The van der Waals surface area contributed by atoms with Crippen molar-refractivity contribution in [1.82, 2.24) is 4.98 Å². The van der Waals surface area contributed by atoms with E-state index in [4.69, 9.17) is 32.7 Å². The van der Waals surface area contributed by atoms with Crippen LogP contribution < -0.4 is 14.8 Å². The second kappa shape index (κ2) is 7.76. The van der Waals surface area contributed by atoms with Crippen molar-refractivity contribution in [3.63, 3.8) is 0 Å². The first-order valence-corrected chi connectivity index (χ1v) is 9.74. The van der Waals surface area contributed by atoms with Crippen molar-refractivity contribution in [2.24, 2.45) is 0 Å². The Bertz CT molecular complexity index is 993. The predicted octanol–water partition coefficient (Wildman–Crippen LogP) is 4.82. The average molecular weight is 421 g/mol. The monoisotopic (exact) mass is 420 g/mol. The van der Waals surface area contributed by atoms with E-state index in [2.05, 4.69) is 10.3 Å². The summed E-state index contributed by atoms with van der Waals surface area (Å²) in [7, 11) is 0. The van der Waals surface area contributed by atoms with E-state index in [0.717, 1.165) is 10.4 Å². The van der Waals surface area contributed by atoms with Crippen LogP contribution in [0.25, 0.3) is 0 Å². The molecule has 8 heteroatoms. The Morgan fingerprint density at radius 1 is 1.19 bits per heavy atom. The zero-order chi connectivity index (χ0) is 18.8. The third-order valence-electron chi connectivity index (χ3n) is 3.95. The van der Waals surface area contributed by atoms with Crippen LogP contribution >= 0.6 is 34.5 Å². The molecule has 2 aromatic carbocycles. The van der Waals surface area contributed by atoms with Gasteiger partial charge in [0.1, 0.15) is 6.61 Å². The molecule has 0 radical (unpaired) electrons. The van der Waals surface area contributed by atoms with Crippen LogP contribution in [-0.4, -0.2) is 23.6 Å². The van der Waals surface area contributed by atoms with Gasteiger partial charge in [0.2, 0.25) is 6.10 Å². The van der Waals surface area contributed by atoms with Crippen molar-refractivity contribution in [2.75, 3.05) is 11.9 Å². The van der Waals surface area contributed by atoms with Crippen molar-refractivity contribution >= 4 is 45.6 Å². The lowest BCUT2D eigenvalue weighted by Gasteiger charge is -2.25. The molecule has 1 aliphatic heterocycles. The highest BCUT2D eigenvalue weighted by molar-refractivity contribution is 7.15. The number of benzene rings is 2. The molecule has 1 aliphatic rings. The molecular formula is C19H14Cl2N2O3S. The molecule has 5 nitrogen and oxygen atoms in total. The lowest BCUT2D eigenvalue weighted by atomic mass is 10.1. The van der Waals surface area contributed by atoms with Crippen LogP contribution in [0.4, 0.5) is 5.13 Å². The minimum Gasteiger partial charge on any atom is -0.485 e. The molecule has 27 heavy (non-hydrogen) atoms. The number of hydrogen-bond donors (Lipinski definition) is 1. The minimum atomic E-state index is -0.720. The van der Waals surface area contributed by atoms with Gasteiger partial charge in [-0.25, -0.2) is 4.98 Å². The summed E-state index contributed by atoms with van der Waals surface area (Å²) in [6.07, 6.45) is 1.67. The number of para-hydroxylation sites is 2. The Hall–Kier alpha value is -2.28. The fourth-order valence-corrected chi connectivity index (χ4v) is 3.80. The van der Waals surface area contributed by atoms with E-state index in [1.165, 1.54) is 11.3 Å². The molecule has 0 spiro atoms. The van der Waals surface area contributed by atoms with Crippen LogP contribution in [0, 0.1) is 0 Å². The largest absolute Gasteiger partial charge is 0.485 e. The quantitative estimate of drug-likeness (QED) is 0.656. The lowest BCUT2D eigenvalue weighted by Crippen LogP contribution is -2.40. The van der Waals surface area contributed by atoms with Gasteiger partial charge in [0, 0.05) is 17.5 Å². The van der Waals surface area contributed by atoms with Crippen molar-refractivity contribution in [3.05, 3.63) is 69.1 Å². The van der Waals surface area contributed by atoms with Crippen LogP contribution in [-0.2, 0) is 11.2 Å². The van der Waals surface area contributed by atoms with Crippen LogP contribution in [0.3, 0.4) is 0 Å². The number of amides is 1. The van der Waals surface area contributed by atoms with Crippen molar-refractivity contribution in [2.45, 2.75) is 12.5 Å². The molecule has 3 aromatic rings. The molecule has 0 saturated carbocycles. The fourth-order valence-electron chi connectivity index (χ4n) is 2.63. The number of halogens is 2. The topological polar surface area (TPSA) is 60.5 Å². The number of anilines is 1. The Labute approximate surface area is 169 Å². The smallest absolute Gasteiger partial charge is 0.270 e. The first-order valence-electron chi connectivity index (χ1n) is 8.16. The number of carbonyl (C=O) groups excluding carboxylic acids is 1. The Kier molecular flexibility index (Phi) is 5.20. The van der Waals surface area contributed by atoms with E-state index in [9.17, 15) is 4.79 Å². The van der Waals surface area contributed by atoms with Gasteiger partial charge < -0.3 is 9.47 Å². The summed E-state index contributed by atoms with van der Waals surface area (Å²) in [5.74, 6) is 0.906. The molecule has 0 saturated heterocycles. The van der Waals surface area contributed by atoms with Crippen LogP contribution in [0.2, 0.25) is 10.0 Å². The van der Waals surface area contributed by atoms with Crippen molar-refractivity contribution in [3.8, 4) is 11.5 Å². The summed E-state index contributed by atoms with van der Waals surface area (Å²) < 4.78 is 11.3. The average Bonchev–Trinajstić information content (AvgIpc) is 3.11. The van der Waals surface area contributed by atoms with Gasteiger partial charge in [-0.1, -0.05) is 41.4 Å². The zero-order valence-electron chi connectivity index (χ0n) is 13.9. The maximum absolute atomic E-state index is 12.4. The van der Waals surface area contributed by atoms with E-state index >= 15 is 0 Å². The highest BCUT2D eigenvalue weighted by Gasteiger charge is 2.27. The van der Waals surface area contributed by atoms with Crippen LogP contribution in [0.15, 0.2) is 48.7 Å². The number of thiazole rings is 1. The Morgan fingerprint density at radius 3 is 2.81 bits per heavy atom. The van der Waals surface area contributed by atoms with Crippen molar-refractivity contribution in [1.29, 1.82) is 0 Å². The number of fused-ring (bicyclic) bond motifs is 1. The SMILES string of the molecule is O=C(Nc1ncc(Cc2ccc(Cl)c(Cl)c2)s1)C1COc2ccccc2O1. The Balaban J connectivity index is 1.39. The van der Waals surface area contributed by atoms with E-state index in [-0.39, 0.29) is 12.5 Å². The third kappa shape index (κ3) is 4.18. The molecule has 2 heterocycles. The second-order valence-electron chi connectivity index (χ2n) is 5.91. The summed E-state index contributed by atoms with van der Waals surface area (Å²) in [5.41, 5.74) is 1.02. The van der Waals surface area contributed by atoms with Crippen molar-refractivity contribution < 1.29 is 14.3 Å². The normalized spacial score (nSPS) is 15.4. The number of nitrogens with one attached hydrogen (secondary N) is 1. The number of rotatable bonds is 4. The first kappa shape index (κ1) is 18.1. The highest BCUT2D eigenvalue weighted by atomic mass is 35.5. The summed E-state index contributed by atoms with van der Waals surface area (Å²) in [5, 5.41) is 4.33. The van der Waals surface area contributed by atoms with Gasteiger partial charge >= 0.3 is 0 Å². The second-order valence-corrected chi connectivity index (χ2v) is 7.84. The molecule has 1 amide bonds. The minimum absolute atomic E-state index is 0.157. The molecule has 1 N–H and O–H groups in total. The van der Waals surface area contributed by atoms with Gasteiger partial charge in [0.05, 0.1) is 10.0 Å². The molecule has 1 unspecified atom stereocenters. The van der Waals surface area contributed by atoms with Gasteiger partial charge in [0.15, 0.2) is 16.6 Å². The number of carbonyl (C=O) groups is 1. The van der Waals surface area contributed by atoms with Gasteiger partial charge in [-0.05, 0) is 29.8 Å². The van der Waals surface area contributed by atoms with E-state index in [1.807, 2.05) is 24.3 Å². The van der Waals surface area contributed by atoms with E-state index in [0.29, 0.717) is 33.1 Å². The summed E-state index contributed by atoms with van der Waals surface area (Å²) in [6, 6.07) is 12.8. The molecule has 1 aromatic heterocycles. The summed E-state index contributed by atoms with van der Waals surface area (Å²) in [4.78, 5) is 17.7. The van der Waals surface area contributed by atoms with Crippen LogP contribution in [0.1, 0.15) is 10.4 Å². The molecule has 0 fully saturated rings. The van der Waals surface area contributed by atoms with Gasteiger partial charge in [-0.3, -0.25) is 10.1 Å². The zero-order valence-corrected chi connectivity index (χ0v) is 16.3. The Morgan fingerprint density at radius 2 is 2.00 bits per heavy atom. The lowest BCUT2D eigenvalue weighted by molar-refractivity contribution is -0.125. The third-order valence-corrected chi connectivity index (χ3v) is 5.60. The molecule has 0 aliphatic carbocycles. The van der Waals surface area contributed by atoms with Gasteiger partial charge in [-0.2, -0.15) is 0 Å². The maximum atomic E-state index is 12.4. The summed E-state index contributed by atoms with van der Waals surface area (Å²) >= 11 is 13.4. The standard InChI is InChI=1S/C19H14Cl2N2O3S/c20-13-6-5-11(8-14(13)21)7-12-9-22-19(27-12)23-18(24)17-10-25-15-3-1-2-4-16(15)26-17/h1-6,8-9,17H,7,10H2,(H,22,23,24). The van der Waals surface area contributed by atoms with Gasteiger partial charge in [-0.15, -0.1) is 11.3 Å². The van der Waals surface area contributed by atoms with E-state index < -0.39 is 6.10 Å². The molecule has 138 valence electrons.